The van der Waals surface area contributed by atoms with Gasteiger partial charge in [-0.2, -0.15) is 0 Å². The molecule has 0 saturated carbocycles. The summed E-state index contributed by atoms with van der Waals surface area (Å²) in [5, 5.41) is 12.4. The van der Waals surface area contributed by atoms with Crippen LogP contribution in [0.15, 0.2) is 24.6 Å². The maximum Gasteiger partial charge on any atom is 0.0982 e. The van der Waals surface area contributed by atoms with Crippen molar-refractivity contribution in [2.45, 2.75) is 103 Å². The average molecular weight is 351 g/mol. The molecule has 0 fully saturated rings. The highest BCUT2D eigenvalue weighted by Gasteiger charge is 2.16. The van der Waals surface area contributed by atoms with Crippen molar-refractivity contribution < 1.29 is 5.11 Å². The third kappa shape index (κ3) is 12.1. The highest BCUT2D eigenvalue weighted by atomic mass is 16.3. The van der Waals surface area contributed by atoms with Gasteiger partial charge in [-0.05, 0) is 32.6 Å². The maximum atomic E-state index is 9.04. The van der Waals surface area contributed by atoms with Crippen LogP contribution >= 0.6 is 0 Å². The van der Waals surface area contributed by atoms with Crippen LogP contribution in [0.25, 0.3) is 0 Å². The Kier molecular flexibility index (Phi) is 14.6. The van der Waals surface area contributed by atoms with Gasteiger partial charge < -0.3 is 15.3 Å². The normalized spacial score (nSPS) is 16.9. The van der Waals surface area contributed by atoms with Gasteiger partial charge in [-0.15, -0.1) is 0 Å². The molecule has 25 heavy (non-hydrogen) atoms. The first-order valence-electron chi connectivity index (χ1n) is 10.8. The highest BCUT2D eigenvalue weighted by Crippen LogP contribution is 2.15. The summed E-state index contributed by atoms with van der Waals surface area (Å²) in [6.07, 6.45) is 28.1. The van der Waals surface area contributed by atoms with Crippen LogP contribution in [0.4, 0.5) is 0 Å². The van der Waals surface area contributed by atoms with Crippen LogP contribution in [0.1, 0.15) is 96.8 Å². The van der Waals surface area contributed by atoms with Gasteiger partial charge in [0.2, 0.25) is 0 Å². The van der Waals surface area contributed by atoms with Crippen molar-refractivity contribution in [2.24, 2.45) is 0 Å². The molecule has 1 aliphatic heterocycles. The van der Waals surface area contributed by atoms with Crippen LogP contribution in [0.5, 0.6) is 0 Å². The first-order valence-corrected chi connectivity index (χ1v) is 10.8. The quantitative estimate of drug-likeness (QED) is 0.260. The number of aliphatic hydroxyl groups excluding tert-OH is 1. The minimum atomic E-state index is 0.235. The van der Waals surface area contributed by atoms with Gasteiger partial charge in [-0.1, -0.05) is 76.4 Å². The summed E-state index contributed by atoms with van der Waals surface area (Å²) in [6, 6.07) is 0. The van der Waals surface area contributed by atoms with Crippen molar-refractivity contribution >= 4 is 0 Å². The summed E-state index contributed by atoms with van der Waals surface area (Å²) in [4.78, 5) is 2.21. The van der Waals surface area contributed by atoms with Gasteiger partial charge in [0.05, 0.1) is 12.8 Å². The fraction of sp³-hybridized carbons (Fsp3) is 0.818. The maximum absolute atomic E-state index is 9.04. The molecule has 1 unspecified atom stereocenters. The molecule has 0 spiro atoms. The van der Waals surface area contributed by atoms with Crippen LogP contribution in [0.2, 0.25) is 0 Å². The molecule has 0 saturated heterocycles. The second-order valence-corrected chi connectivity index (χ2v) is 7.35. The summed E-state index contributed by atoms with van der Waals surface area (Å²) >= 11 is 0. The smallest absolute Gasteiger partial charge is 0.0982 e. The summed E-state index contributed by atoms with van der Waals surface area (Å²) < 4.78 is 0. The van der Waals surface area contributed by atoms with Gasteiger partial charge in [0.15, 0.2) is 0 Å². The molecule has 1 atom stereocenters. The number of β-amino-alcohol motifs (C(OH)–C–C–N with tert-alkyl or cyclic N) is 1. The Bertz CT molecular complexity index is 341. The molecule has 146 valence electrons. The molecule has 0 amide bonds. The van der Waals surface area contributed by atoms with E-state index in [2.05, 4.69) is 35.5 Å². The summed E-state index contributed by atoms with van der Waals surface area (Å²) in [5.41, 5.74) is 0. The molecule has 3 heteroatoms. The zero-order chi connectivity index (χ0) is 18.0. The van der Waals surface area contributed by atoms with Crippen molar-refractivity contribution in [3.05, 3.63) is 24.6 Å². The monoisotopic (exact) mass is 350 g/mol. The molecule has 0 aliphatic carbocycles. The van der Waals surface area contributed by atoms with Crippen LogP contribution < -0.4 is 5.32 Å². The lowest BCUT2D eigenvalue weighted by atomic mass is 10.0. The number of rotatable bonds is 17. The van der Waals surface area contributed by atoms with Crippen LogP contribution in [0, 0.1) is 0 Å². The average Bonchev–Trinajstić information content (AvgIpc) is 3.06. The first-order chi connectivity index (χ1) is 12.4. The van der Waals surface area contributed by atoms with E-state index >= 15 is 0 Å². The molecule has 1 rings (SSSR count). The molecule has 0 aromatic carbocycles. The number of unbranched alkanes of at least 4 members (excludes halogenated alkanes) is 12. The van der Waals surface area contributed by atoms with Gasteiger partial charge in [0.1, 0.15) is 0 Å². The molecular weight excluding hydrogens is 308 g/mol. The Morgan fingerprint density at radius 3 is 2.00 bits per heavy atom. The van der Waals surface area contributed by atoms with E-state index in [1.54, 1.807) is 0 Å². The van der Waals surface area contributed by atoms with Crippen LogP contribution in [0.3, 0.4) is 0 Å². The summed E-state index contributed by atoms with van der Waals surface area (Å²) in [6.45, 7) is 3.08. The predicted octanol–water partition coefficient (Wildman–Crippen LogP) is 5.72. The number of nitrogens with zero attached hydrogens (tertiary/aromatic N) is 1. The zero-order valence-electron chi connectivity index (χ0n) is 16.6. The Morgan fingerprint density at radius 2 is 1.44 bits per heavy atom. The molecule has 0 bridgehead atoms. The zero-order valence-corrected chi connectivity index (χ0v) is 16.6. The largest absolute Gasteiger partial charge is 0.395 e. The fourth-order valence-electron chi connectivity index (χ4n) is 3.58. The Hall–Kier alpha value is -0.960. The van der Waals surface area contributed by atoms with E-state index in [-0.39, 0.29) is 6.61 Å². The van der Waals surface area contributed by atoms with E-state index < -0.39 is 0 Å². The summed E-state index contributed by atoms with van der Waals surface area (Å²) in [5.74, 6) is 0. The number of hydrogen-bond acceptors (Lipinski definition) is 3. The van der Waals surface area contributed by atoms with Gasteiger partial charge in [-0.25, -0.2) is 0 Å². The number of aliphatic hydroxyl groups is 1. The van der Waals surface area contributed by atoms with Crippen LogP contribution in [-0.2, 0) is 0 Å². The lowest BCUT2D eigenvalue weighted by Gasteiger charge is -2.24. The van der Waals surface area contributed by atoms with E-state index in [4.69, 9.17) is 5.11 Å². The topological polar surface area (TPSA) is 35.5 Å². The molecule has 3 nitrogen and oxygen atoms in total. The molecule has 0 radical (unpaired) electrons. The number of nitrogens with one attached hydrogen (secondary N) is 1. The first kappa shape index (κ1) is 22.1. The minimum Gasteiger partial charge on any atom is -0.395 e. The molecule has 1 heterocycles. The standard InChI is InChI=1S/C22H42N2O/c1-2-3-4-5-6-7-8-9-10-11-12-13-14-15-16-17-22-23-18-19-24(22)20-21-25/h2-3,18-19,22-23,25H,4-17,20-21H2,1H3/b3-2+. The lowest BCUT2D eigenvalue weighted by molar-refractivity contribution is 0.194. The van der Waals surface area contributed by atoms with Gasteiger partial charge >= 0.3 is 0 Å². The summed E-state index contributed by atoms with van der Waals surface area (Å²) in [7, 11) is 0. The van der Waals surface area contributed by atoms with Crippen LogP contribution in [-0.4, -0.2) is 29.3 Å². The Labute approximate surface area is 156 Å². The molecule has 0 aromatic heterocycles. The van der Waals surface area contributed by atoms with E-state index in [0.717, 1.165) is 6.54 Å². The van der Waals surface area contributed by atoms with Gasteiger partial charge in [0, 0.05) is 18.9 Å². The molecule has 2 N–H and O–H groups in total. The predicted molar refractivity (Wildman–Crippen MR) is 109 cm³/mol. The van der Waals surface area contributed by atoms with E-state index in [0.29, 0.717) is 6.17 Å². The van der Waals surface area contributed by atoms with Gasteiger partial charge in [-0.3, -0.25) is 0 Å². The second-order valence-electron chi connectivity index (χ2n) is 7.35. The third-order valence-corrected chi connectivity index (χ3v) is 5.15. The minimum absolute atomic E-state index is 0.235. The lowest BCUT2D eigenvalue weighted by Crippen LogP contribution is -2.36. The van der Waals surface area contributed by atoms with Crippen molar-refractivity contribution in [2.75, 3.05) is 13.2 Å². The second kappa shape index (κ2) is 16.5. The fourth-order valence-corrected chi connectivity index (χ4v) is 3.58. The number of hydrogen-bond donors (Lipinski definition) is 2. The highest BCUT2D eigenvalue weighted by molar-refractivity contribution is 4.93. The van der Waals surface area contributed by atoms with E-state index in [9.17, 15) is 0 Å². The Morgan fingerprint density at radius 1 is 0.880 bits per heavy atom. The molecule has 1 aliphatic rings. The molecular formula is C22H42N2O. The van der Waals surface area contributed by atoms with Crippen molar-refractivity contribution in [3.63, 3.8) is 0 Å². The number of allylic oxidation sites excluding steroid dienone is 2. The van der Waals surface area contributed by atoms with E-state index in [1.165, 1.54) is 89.9 Å². The third-order valence-electron chi connectivity index (χ3n) is 5.15. The van der Waals surface area contributed by atoms with Crippen molar-refractivity contribution in [1.29, 1.82) is 0 Å². The van der Waals surface area contributed by atoms with E-state index in [1.807, 2.05) is 6.20 Å². The molecule has 0 aromatic rings. The SMILES string of the molecule is C/C=C/CCCCCCCCCCCCCCC1NC=CN1CCO. The van der Waals surface area contributed by atoms with Crippen molar-refractivity contribution in [3.8, 4) is 0 Å². The Balaban J connectivity index is 1.76. The van der Waals surface area contributed by atoms with Crippen molar-refractivity contribution in [1.82, 2.24) is 10.2 Å². The van der Waals surface area contributed by atoms with Gasteiger partial charge in [0.25, 0.3) is 0 Å².